The predicted octanol–water partition coefficient (Wildman–Crippen LogP) is 3.79. The number of anilines is 1. The van der Waals surface area contributed by atoms with E-state index in [0.29, 0.717) is 57.1 Å². The third-order valence-electron chi connectivity index (χ3n) is 8.68. The summed E-state index contributed by atoms with van der Waals surface area (Å²) in [6.45, 7) is 5.31. The molecule has 1 aromatic heterocycles. The molecule has 228 valence electrons. The number of aliphatic hydroxyl groups excluding tert-OH is 2. The predicted molar refractivity (Wildman–Crippen MR) is 169 cm³/mol. The monoisotopic (exact) mass is 594 g/mol. The van der Waals surface area contributed by atoms with Gasteiger partial charge in [0.15, 0.2) is 0 Å². The average molecular weight is 595 g/mol. The van der Waals surface area contributed by atoms with Crippen molar-refractivity contribution in [2.45, 2.75) is 26.1 Å². The van der Waals surface area contributed by atoms with Gasteiger partial charge in [-0.3, -0.25) is 14.5 Å². The Bertz CT molecular complexity index is 1670. The molecule has 1 atom stereocenters. The molecule has 3 heterocycles. The first-order valence-corrected chi connectivity index (χ1v) is 15.0. The molecule has 0 radical (unpaired) electrons. The number of aliphatic hydroxyl groups is 2. The van der Waals surface area contributed by atoms with Crippen LogP contribution >= 0.6 is 0 Å². The summed E-state index contributed by atoms with van der Waals surface area (Å²) < 4.78 is 7.60. The Morgan fingerprint density at radius 3 is 2.36 bits per heavy atom. The number of ether oxygens (including phenoxy) is 1. The molecule has 6 rings (SSSR count). The Kier molecular flexibility index (Phi) is 8.52. The highest BCUT2D eigenvalue weighted by molar-refractivity contribution is 6.07. The van der Waals surface area contributed by atoms with Crippen molar-refractivity contribution in [2.75, 3.05) is 51.3 Å². The number of nitrogens with zero attached hydrogens (tertiary/aromatic N) is 4. The van der Waals surface area contributed by atoms with E-state index < -0.39 is 6.10 Å². The van der Waals surface area contributed by atoms with Crippen molar-refractivity contribution in [3.05, 3.63) is 107 Å². The number of aryl methyl sites for hydroxylation is 1. The Balaban J connectivity index is 1.26. The molecule has 44 heavy (non-hydrogen) atoms. The van der Waals surface area contributed by atoms with Crippen LogP contribution in [0.15, 0.2) is 78.9 Å². The van der Waals surface area contributed by atoms with E-state index in [1.54, 1.807) is 7.11 Å². The minimum Gasteiger partial charge on any atom is -0.496 e. The zero-order valence-electron chi connectivity index (χ0n) is 25.1. The molecule has 0 unspecified atom stereocenters. The second kappa shape index (κ2) is 12.7. The molecular weight excluding hydrogens is 556 g/mol. The first-order chi connectivity index (χ1) is 21.4. The van der Waals surface area contributed by atoms with E-state index in [-0.39, 0.29) is 18.4 Å². The minimum absolute atomic E-state index is 0.0431. The summed E-state index contributed by atoms with van der Waals surface area (Å²) in [7, 11) is 1.66. The van der Waals surface area contributed by atoms with Crippen LogP contribution in [0, 0.1) is 6.92 Å². The van der Waals surface area contributed by atoms with Gasteiger partial charge in [-0.2, -0.15) is 0 Å². The minimum atomic E-state index is -0.779. The number of carbonyl (C=O) groups is 2. The van der Waals surface area contributed by atoms with Gasteiger partial charge < -0.3 is 29.3 Å². The van der Waals surface area contributed by atoms with Crippen LogP contribution in [0.1, 0.15) is 37.7 Å². The van der Waals surface area contributed by atoms with E-state index in [4.69, 9.17) is 9.84 Å². The third kappa shape index (κ3) is 5.74. The van der Waals surface area contributed by atoms with Crippen LogP contribution in [0.3, 0.4) is 0 Å². The van der Waals surface area contributed by atoms with Crippen LogP contribution in [0.25, 0.3) is 11.1 Å². The van der Waals surface area contributed by atoms with Gasteiger partial charge in [-0.15, -0.1) is 0 Å². The zero-order chi connectivity index (χ0) is 30.8. The molecule has 2 aliphatic heterocycles. The van der Waals surface area contributed by atoms with Crippen molar-refractivity contribution in [1.29, 1.82) is 0 Å². The van der Waals surface area contributed by atoms with Crippen LogP contribution in [0.5, 0.6) is 5.75 Å². The van der Waals surface area contributed by atoms with Gasteiger partial charge in [0, 0.05) is 55.2 Å². The van der Waals surface area contributed by atoms with Gasteiger partial charge in [-0.05, 0) is 60.0 Å². The fraction of sp³-hybridized carbons (Fsp3) is 0.314. The van der Waals surface area contributed by atoms with Crippen LogP contribution < -0.4 is 9.64 Å². The summed E-state index contributed by atoms with van der Waals surface area (Å²) in [5.74, 6) is 0.638. The fourth-order valence-corrected chi connectivity index (χ4v) is 6.30. The largest absolute Gasteiger partial charge is 0.496 e. The normalized spacial score (nSPS) is 15.7. The van der Waals surface area contributed by atoms with Gasteiger partial charge >= 0.3 is 0 Å². The number of para-hydroxylation sites is 2. The van der Waals surface area contributed by atoms with E-state index in [9.17, 15) is 14.7 Å². The molecule has 2 amide bonds. The molecule has 3 aromatic carbocycles. The molecule has 4 aromatic rings. The molecule has 9 heteroatoms. The Hall–Kier alpha value is -4.44. The summed E-state index contributed by atoms with van der Waals surface area (Å²) in [5.41, 5.74) is 6.86. The Morgan fingerprint density at radius 1 is 0.864 bits per heavy atom. The quantitative estimate of drug-likeness (QED) is 0.338. The number of piperazine rings is 1. The lowest BCUT2D eigenvalue weighted by Crippen LogP contribution is -2.51. The molecule has 2 aliphatic rings. The van der Waals surface area contributed by atoms with E-state index in [1.807, 2.05) is 100 Å². The number of aromatic nitrogens is 1. The van der Waals surface area contributed by atoms with Crippen molar-refractivity contribution in [3.8, 4) is 16.9 Å². The fourth-order valence-electron chi connectivity index (χ4n) is 6.30. The van der Waals surface area contributed by atoms with Crippen molar-refractivity contribution < 1.29 is 24.5 Å². The van der Waals surface area contributed by atoms with Crippen LogP contribution in [0.4, 0.5) is 5.69 Å². The molecule has 0 bridgehead atoms. The summed E-state index contributed by atoms with van der Waals surface area (Å²) in [4.78, 5) is 33.6. The van der Waals surface area contributed by atoms with Gasteiger partial charge in [-0.1, -0.05) is 42.5 Å². The van der Waals surface area contributed by atoms with Crippen LogP contribution in [-0.4, -0.2) is 88.9 Å². The molecule has 0 aliphatic carbocycles. The average Bonchev–Trinajstić information content (AvgIpc) is 3.37. The first-order valence-electron chi connectivity index (χ1n) is 15.0. The SMILES string of the molecule is COc1ccccc1-c1ccc(C(=O)N2Cc3ccc(C(=O)N4CCN(C[C@H](O)CO)CC4)n3Cc3ccccc32)cc1C. The summed E-state index contributed by atoms with van der Waals surface area (Å²) in [5, 5.41) is 19.0. The topological polar surface area (TPSA) is 98.5 Å². The van der Waals surface area contributed by atoms with E-state index in [0.717, 1.165) is 39.4 Å². The van der Waals surface area contributed by atoms with Crippen LogP contribution in [-0.2, 0) is 13.1 Å². The lowest BCUT2D eigenvalue weighted by Gasteiger charge is -2.35. The van der Waals surface area contributed by atoms with Crippen molar-refractivity contribution in [1.82, 2.24) is 14.4 Å². The molecule has 2 N–H and O–H groups in total. The standard InChI is InChI=1S/C35H38N4O5/c1-24-19-25(11-13-29(24)30-8-4-6-10-33(30)44-2)34(42)39-21-27-12-14-32(38(27)20-26-7-3-5-9-31(26)39)35(43)37-17-15-36(16-18-37)22-28(41)23-40/h3-14,19,28,40-41H,15-18,20-23H2,1-2H3/t28-/m0/s1. The molecule has 1 fully saturated rings. The molecule has 9 nitrogen and oxygen atoms in total. The summed E-state index contributed by atoms with van der Waals surface area (Å²) >= 11 is 0. The van der Waals surface area contributed by atoms with Crippen molar-refractivity contribution in [2.24, 2.45) is 0 Å². The molecule has 1 saturated heterocycles. The maximum absolute atomic E-state index is 14.1. The van der Waals surface area contributed by atoms with Gasteiger partial charge in [0.2, 0.25) is 0 Å². The number of amides is 2. The van der Waals surface area contributed by atoms with E-state index >= 15 is 0 Å². The van der Waals surface area contributed by atoms with Gasteiger partial charge in [-0.25, -0.2) is 0 Å². The number of carbonyl (C=O) groups excluding carboxylic acids is 2. The van der Waals surface area contributed by atoms with Gasteiger partial charge in [0.25, 0.3) is 11.8 Å². The van der Waals surface area contributed by atoms with Crippen molar-refractivity contribution >= 4 is 17.5 Å². The highest BCUT2D eigenvalue weighted by atomic mass is 16.5. The first kappa shape index (κ1) is 29.6. The Labute approximate surface area is 257 Å². The molecule has 0 spiro atoms. The maximum Gasteiger partial charge on any atom is 0.270 e. The zero-order valence-corrected chi connectivity index (χ0v) is 25.1. The van der Waals surface area contributed by atoms with Crippen LogP contribution in [0.2, 0.25) is 0 Å². The number of hydrogen-bond acceptors (Lipinski definition) is 6. The van der Waals surface area contributed by atoms with Gasteiger partial charge in [0.1, 0.15) is 11.4 Å². The Morgan fingerprint density at radius 2 is 1.61 bits per heavy atom. The maximum atomic E-state index is 14.1. The highest BCUT2D eigenvalue weighted by Gasteiger charge is 2.30. The number of rotatable bonds is 7. The number of benzene rings is 3. The summed E-state index contributed by atoms with van der Waals surface area (Å²) in [6, 6.07) is 25.3. The number of β-amino-alcohol motifs (C(OH)–C–C–N with tert-alkyl or cyclic N) is 1. The second-order valence-electron chi connectivity index (χ2n) is 11.5. The summed E-state index contributed by atoms with van der Waals surface area (Å²) in [6.07, 6.45) is -0.779. The van der Waals surface area contributed by atoms with Gasteiger partial charge in [0.05, 0.1) is 32.9 Å². The number of fused-ring (bicyclic) bond motifs is 2. The number of methoxy groups -OCH3 is 1. The van der Waals surface area contributed by atoms with E-state index in [2.05, 4.69) is 4.90 Å². The highest BCUT2D eigenvalue weighted by Crippen LogP contribution is 2.34. The second-order valence-corrected chi connectivity index (χ2v) is 11.5. The molecule has 0 saturated carbocycles. The van der Waals surface area contributed by atoms with Crippen molar-refractivity contribution in [3.63, 3.8) is 0 Å². The third-order valence-corrected chi connectivity index (χ3v) is 8.68. The molecular formula is C35H38N4O5. The lowest BCUT2D eigenvalue weighted by atomic mass is 9.97. The number of hydrogen-bond donors (Lipinski definition) is 2. The van der Waals surface area contributed by atoms with E-state index in [1.165, 1.54) is 0 Å². The lowest BCUT2D eigenvalue weighted by molar-refractivity contribution is 0.0354. The smallest absolute Gasteiger partial charge is 0.270 e.